The van der Waals surface area contributed by atoms with E-state index >= 15 is 0 Å². The van der Waals surface area contributed by atoms with E-state index in [0.717, 1.165) is 11.1 Å². The second kappa shape index (κ2) is 9.20. The fourth-order valence-corrected chi connectivity index (χ4v) is 2.26. The summed E-state index contributed by atoms with van der Waals surface area (Å²) in [5.74, 6) is -0.443. The van der Waals surface area contributed by atoms with Gasteiger partial charge in [-0.2, -0.15) is 0 Å². The predicted octanol–water partition coefficient (Wildman–Crippen LogP) is 2.14. The van der Waals surface area contributed by atoms with Crippen molar-refractivity contribution in [3.05, 3.63) is 71.3 Å². The van der Waals surface area contributed by atoms with E-state index in [9.17, 15) is 9.59 Å². The van der Waals surface area contributed by atoms with Crippen LogP contribution in [0.4, 0.5) is 0 Å². The Labute approximate surface area is 154 Å². The van der Waals surface area contributed by atoms with Crippen molar-refractivity contribution in [1.29, 1.82) is 0 Å². The van der Waals surface area contributed by atoms with Gasteiger partial charge in [0.15, 0.2) is 0 Å². The van der Waals surface area contributed by atoms with Gasteiger partial charge in [0.2, 0.25) is 5.91 Å². The molecule has 2 amide bonds. The summed E-state index contributed by atoms with van der Waals surface area (Å²) in [6.45, 7) is 4.29. The molecule has 2 rings (SSSR count). The van der Waals surface area contributed by atoms with Crippen LogP contribution < -0.4 is 16.4 Å². The van der Waals surface area contributed by atoms with Gasteiger partial charge in [0.25, 0.3) is 5.91 Å². The van der Waals surface area contributed by atoms with E-state index in [2.05, 4.69) is 10.6 Å². The molecular formula is C19H24ClN3O2. The number of benzene rings is 2. The van der Waals surface area contributed by atoms with Crippen LogP contribution in [0.2, 0.25) is 0 Å². The van der Waals surface area contributed by atoms with E-state index in [0.29, 0.717) is 18.7 Å². The summed E-state index contributed by atoms with van der Waals surface area (Å²) < 4.78 is 0. The number of hydrogen-bond donors (Lipinski definition) is 3. The minimum absolute atomic E-state index is 0. The zero-order chi connectivity index (χ0) is 17.6. The smallest absolute Gasteiger partial charge is 0.251 e. The summed E-state index contributed by atoms with van der Waals surface area (Å²) in [4.78, 5) is 24.2. The Kier molecular flexibility index (Phi) is 7.61. The zero-order valence-electron chi connectivity index (χ0n) is 14.4. The average Bonchev–Trinajstić information content (AvgIpc) is 2.59. The van der Waals surface area contributed by atoms with Gasteiger partial charge in [-0.1, -0.05) is 48.0 Å². The minimum Gasteiger partial charge on any atom is -0.352 e. The van der Waals surface area contributed by atoms with E-state index < -0.39 is 5.54 Å². The van der Waals surface area contributed by atoms with E-state index in [1.165, 1.54) is 0 Å². The van der Waals surface area contributed by atoms with Gasteiger partial charge in [0.05, 0.1) is 0 Å². The Balaban J connectivity index is 0.00000312. The van der Waals surface area contributed by atoms with Gasteiger partial charge in [-0.3, -0.25) is 9.59 Å². The second-order valence-electron chi connectivity index (χ2n) is 5.95. The van der Waals surface area contributed by atoms with Crippen LogP contribution in [0.25, 0.3) is 0 Å². The Morgan fingerprint density at radius 2 is 1.52 bits per heavy atom. The largest absolute Gasteiger partial charge is 0.352 e. The maximum atomic E-state index is 12.3. The molecule has 4 N–H and O–H groups in total. The molecule has 0 aliphatic heterocycles. The molecule has 0 aliphatic rings. The van der Waals surface area contributed by atoms with Crippen LogP contribution in [0.15, 0.2) is 54.6 Å². The number of carbonyl (C=O) groups is 2. The monoisotopic (exact) mass is 361 g/mol. The van der Waals surface area contributed by atoms with Gasteiger partial charge >= 0.3 is 0 Å². The quantitative estimate of drug-likeness (QED) is 0.689. The van der Waals surface area contributed by atoms with Crippen molar-refractivity contribution in [3.63, 3.8) is 0 Å². The maximum absolute atomic E-state index is 12.3. The van der Waals surface area contributed by atoms with E-state index in [1.54, 1.807) is 19.1 Å². The summed E-state index contributed by atoms with van der Waals surface area (Å²) in [5.41, 5.74) is 7.46. The molecule has 0 radical (unpaired) electrons. The Hall–Kier alpha value is -2.37. The minimum atomic E-state index is -1.11. The van der Waals surface area contributed by atoms with Crippen LogP contribution in [0.5, 0.6) is 0 Å². The fraction of sp³-hybridized carbons (Fsp3) is 0.263. The van der Waals surface area contributed by atoms with Crippen molar-refractivity contribution in [2.75, 3.05) is 13.1 Å². The van der Waals surface area contributed by atoms with Crippen molar-refractivity contribution in [2.45, 2.75) is 19.4 Å². The fourth-order valence-electron chi connectivity index (χ4n) is 2.26. The van der Waals surface area contributed by atoms with Crippen LogP contribution in [-0.2, 0) is 10.3 Å². The lowest BCUT2D eigenvalue weighted by molar-refractivity contribution is -0.126. The molecule has 0 saturated carbocycles. The molecule has 2 aromatic rings. The number of nitrogens with two attached hydrogens (primary N) is 1. The predicted molar refractivity (Wildman–Crippen MR) is 102 cm³/mol. The van der Waals surface area contributed by atoms with Gasteiger partial charge in [0.1, 0.15) is 5.54 Å². The van der Waals surface area contributed by atoms with Gasteiger partial charge in [-0.25, -0.2) is 0 Å². The van der Waals surface area contributed by atoms with Crippen LogP contribution in [0.1, 0.15) is 28.4 Å². The Bertz CT molecular complexity index is 700. The van der Waals surface area contributed by atoms with Crippen LogP contribution in [-0.4, -0.2) is 24.9 Å². The molecule has 0 bridgehead atoms. The molecule has 1 unspecified atom stereocenters. The summed E-state index contributed by atoms with van der Waals surface area (Å²) in [6, 6.07) is 16.5. The summed E-state index contributed by atoms with van der Waals surface area (Å²) in [6.07, 6.45) is 0. The lowest BCUT2D eigenvalue weighted by Crippen LogP contribution is -2.50. The van der Waals surface area contributed by atoms with Crippen molar-refractivity contribution in [1.82, 2.24) is 10.6 Å². The third kappa shape index (κ3) is 5.59. The maximum Gasteiger partial charge on any atom is 0.251 e. The number of hydrogen-bond acceptors (Lipinski definition) is 3. The Morgan fingerprint density at radius 1 is 0.960 bits per heavy atom. The highest BCUT2D eigenvalue weighted by molar-refractivity contribution is 5.94. The van der Waals surface area contributed by atoms with Gasteiger partial charge in [-0.15, -0.1) is 12.4 Å². The highest BCUT2D eigenvalue weighted by atomic mass is 35.5. The van der Waals surface area contributed by atoms with Crippen molar-refractivity contribution < 1.29 is 9.59 Å². The number of rotatable bonds is 6. The van der Waals surface area contributed by atoms with Crippen LogP contribution in [0, 0.1) is 6.92 Å². The van der Waals surface area contributed by atoms with Crippen LogP contribution in [0.3, 0.4) is 0 Å². The molecule has 0 fully saturated rings. The molecule has 0 heterocycles. The molecule has 1 atom stereocenters. The summed E-state index contributed by atoms with van der Waals surface area (Å²) in [5, 5.41) is 5.53. The molecule has 0 aromatic heterocycles. The summed E-state index contributed by atoms with van der Waals surface area (Å²) in [7, 11) is 0. The molecular weight excluding hydrogens is 338 g/mol. The first kappa shape index (κ1) is 20.7. The molecule has 0 spiro atoms. The molecule has 134 valence electrons. The molecule has 0 aliphatic carbocycles. The van der Waals surface area contributed by atoms with Crippen LogP contribution >= 0.6 is 12.4 Å². The number of amides is 2. The lowest BCUT2D eigenvalue weighted by Gasteiger charge is -2.24. The second-order valence-corrected chi connectivity index (χ2v) is 5.95. The van der Waals surface area contributed by atoms with Gasteiger partial charge in [0, 0.05) is 18.7 Å². The van der Waals surface area contributed by atoms with E-state index in [-0.39, 0.29) is 24.2 Å². The number of carbonyl (C=O) groups excluding carboxylic acids is 2. The first-order valence-electron chi connectivity index (χ1n) is 7.89. The first-order valence-corrected chi connectivity index (χ1v) is 7.89. The third-order valence-corrected chi connectivity index (χ3v) is 3.86. The standard InChI is InChI=1S/C19H23N3O2.ClH/c1-14-8-10-15(11-9-14)17(23)21-12-13-22-18(24)19(2,20)16-6-4-3-5-7-16;/h3-11H,12-13,20H2,1-2H3,(H,21,23)(H,22,24);1H. The average molecular weight is 362 g/mol. The normalized spacial score (nSPS) is 12.4. The molecule has 2 aromatic carbocycles. The number of aryl methyl sites for hydroxylation is 1. The van der Waals surface area contributed by atoms with Gasteiger partial charge in [-0.05, 0) is 31.5 Å². The van der Waals surface area contributed by atoms with E-state index in [4.69, 9.17) is 5.73 Å². The van der Waals surface area contributed by atoms with Gasteiger partial charge < -0.3 is 16.4 Å². The van der Waals surface area contributed by atoms with Crippen molar-refractivity contribution in [3.8, 4) is 0 Å². The molecule has 6 heteroatoms. The Morgan fingerprint density at radius 3 is 2.12 bits per heavy atom. The summed E-state index contributed by atoms with van der Waals surface area (Å²) >= 11 is 0. The number of halogens is 1. The van der Waals surface area contributed by atoms with Crippen molar-refractivity contribution >= 4 is 24.2 Å². The highest BCUT2D eigenvalue weighted by Gasteiger charge is 2.29. The number of nitrogens with one attached hydrogen (secondary N) is 2. The SMILES string of the molecule is Cc1ccc(C(=O)NCCNC(=O)C(C)(N)c2ccccc2)cc1.Cl. The first-order chi connectivity index (χ1) is 11.4. The molecule has 5 nitrogen and oxygen atoms in total. The van der Waals surface area contributed by atoms with E-state index in [1.807, 2.05) is 49.4 Å². The zero-order valence-corrected chi connectivity index (χ0v) is 15.2. The third-order valence-electron chi connectivity index (χ3n) is 3.86. The van der Waals surface area contributed by atoms with Crippen molar-refractivity contribution in [2.24, 2.45) is 5.73 Å². The topological polar surface area (TPSA) is 84.2 Å². The molecule has 0 saturated heterocycles. The highest BCUT2D eigenvalue weighted by Crippen LogP contribution is 2.17. The lowest BCUT2D eigenvalue weighted by atomic mass is 9.92. The molecule has 25 heavy (non-hydrogen) atoms.